The molecule has 0 amide bonds. The summed E-state index contributed by atoms with van der Waals surface area (Å²) in [6.07, 6.45) is 0. The average molecular weight is 335 g/mol. The van der Waals surface area contributed by atoms with Crippen LogP contribution in [0.15, 0.2) is 34.8 Å². The molecule has 20 heavy (non-hydrogen) atoms. The van der Waals surface area contributed by atoms with Crippen molar-refractivity contribution in [3.8, 4) is 5.75 Å². The molecular formula is C16H19BrN2O. The van der Waals surface area contributed by atoms with E-state index in [-0.39, 0.29) is 0 Å². The highest BCUT2D eigenvalue weighted by molar-refractivity contribution is 9.10. The third kappa shape index (κ3) is 2.75. The van der Waals surface area contributed by atoms with Gasteiger partial charge in [-0.2, -0.15) is 0 Å². The molecule has 0 aliphatic rings. The summed E-state index contributed by atoms with van der Waals surface area (Å²) in [7, 11) is 3.69. The van der Waals surface area contributed by atoms with Crippen molar-refractivity contribution in [2.45, 2.75) is 13.8 Å². The first-order valence-corrected chi connectivity index (χ1v) is 7.17. The van der Waals surface area contributed by atoms with Gasteiger partial charge in [0.15, 0.2) is 0 Å². The van der Waals surface area contributed by atoms with E-state index in [0.717, 1.165) is 32.8 Å². The molecule has 0 heterocycles. The van der Waals surface area contributed by atoms with Crippen LogP contribution in [0.1, 0.15) is 11.1 Å². The Bertz CT molecular complexity index is 641. The maximum atomic E-state index is 6.12. The average Bonchev–Trinajstić information content (AvgIpc) is 2.37. The molecule has 0 atom stereocenters. The lowest BCUT2D eigenvalue weighted by molar-refractivity contribution is 0.415. The molecule has 2 rings (SSSR count). The van der Waals surface area contributed by atoms with Crippen LogP contribution >= 0.6 is 15.9 Å². The van der Waals surface area contributed by atoms with Crippen molar-refractivity contribution >= 4 is 33.0 Å². The Hall–Kier alpha value is -1.68. The Balaban J connectivity index is 2.55. The fourth-order valence-electron chi connectivity index (χ4n) is 2.46. The number of hydrogen-bond acceptors (Lipinski definition) is 3. The highest BCUT2D eigenvalue weighted by Gasteiger charge is 2.15. The van der Waals surface area contributed by atoms with Crippen LogP contribution in [0, 0.1) is 13.8 Å². The number of methoxy groups -OCH3 is 1. The van der Waals surface area contributed by atoms with Gasteiger partial charge in [0.05, 0.1) is 24.2 Å². The highest BCUT2D eigenvalue weighted by Crippen LogP contribution is 2.39. The summed E-state index contributed by atoms with van der Waals surface area (Å²) in [5.74, 6) is 0.854. The predicted molar refractivity (Wildman–Crippen MR) is 89.1 cm³/mol. The number of rotatable bonds is 3. The van der Waals surface area contributed by atoms with Gasteiger partial charge in [-0.25, -0.2) is 0 Å². The van der Waals surface area contributed by atoms with Gasteiger partial charge in [0.25, 0.3) is 0 Å². The number of nitrogens with zero attached hydrogens (tertiary/aromatic N) is 1. The van der Waals surface area contributed by atoms with Crippen LogP contribution in [0.25, 0.3) is 0 Å². The molecular weight excluding hydrogens is 316 g/mol. The summed E-state index contributed by atoms with van der Waals surface area (Å²) in [5, 5.41) is 0. The first-order chi connectivity index (χ1) is 9.43. The van der Waals surface area contributed by atoms with E-state index < -0.39 is 0 Å². The largest absolute Gasteiger partial charge is 0.495 e. The molecule has 0 saturated carbocycles. The van der Waals surface area contributed by atoms with Crippen LogP contribution in [-0.2, 0) is 0 Å². The van der Waals surface area contributed by atoms with E-state index in [1.165, 1.54) is 5.56 Å². The maximum absolute atomic E-state index is 6.12. The van der Waals surface area contributed by atoms with Crippen molar-refractivity contribution in [1.82, 2.24) is 0 Å². The van der Waals surface area contributed by atoms with Gasteiger partial charge in [-0.3, -0.25) is 0 Å². The van der Waals surface area contributed by atoms with Gasteiger partial charge in [-0.1, -0.05) is 22.0 Å². The minimum Gasteiger partial charge on any atom is -0.495 e. The number of nitrogen functional groups attached to an aromatic ring is 1. The van der Waals surface area contributed by atoms with Crippen molar-refractivity contribution < 1.29 is 4.74 Å². The first-order valence-electron chi connectivity index (χ1n) is 6.38. The summed E-state index contributed by atoms with van der Waals surface area (Å²) < 4.78 is 6.49. The minimum absolute atomic E-state index is 0.726. The van der Waals surface area contributed by atoms with Crippen LogP contribution in [0.2, 0.25) is 0 Å². The second-order valence-corrected chi connectivity index (χ2v) is 5.81. The van der Waals surface area contributed by atoms with Gasteiger partial charge in [-0.15, -0.1) is 0 Å². The summed E-state index contributed by atoms with van der Waals surface area (Å²) >= 11 is 3.43. The molecule has 0 saturated heterocycles. The summed E-state index contributed by atoms with van der Waals surface area (Å²) in [4.78, 5) is 2.06. The van der Waals surface area contributed by atoms with Crippen molar-refractivity contribution in [2.75, 3.05) is 24.8 Å². The van der Waals surface area contributed by atoms with Crippen molar-refractivity contribution in [3.05, 3.63) is 45.9 Å². The zero-order valence-electron chi connectivity index (χ0n) is 12.2. The Kier molecular flexibility index (Phi) is 4.23. The molecule has 0 fully saturated rings. The lowest BCUT2D eigenvalue weighted by atomic mass is 10.1. The third-order valence-corrected chi connectivity index (χ3v) is 3.81. The molecule has 2 aromatic carbocycles. The summed E-state index contributed by atoms with van der Waals surface area (Å²) in [6.45, 7) is 4.14. The third-order valence-electron chi connectivity index (χ3n) is 3.32. The number of benzene rings is 2. The second kappa shape index (κ2) is 5.75. The molecule has 0 radical (unpaired) electrons. The van der Waals surface area contributed by atoms with E-state index in [1.807, 2.05) is 31.3 Å². The van der Waals surface area contributed by atoms with Crippen LogP contribution in [0.5, 0.6) is 5.75 Å². The first kappa shape index (κ1) is 14.7. The van der Waals surface area contributed by atoms with E-state index in [2.05, 4.69) is 40.7 Å². The van der Waals surface area contributed by atoms with E-state index >= 15 is 0 Å². The van der Waals surface area contributed by atoms with Crippen molar-refractivity contribution in [3.63, 3.8) is 0 Å². The molecule has 0 aliphatic carbocycles. The number of halogens is 1. The van der Waals surface area contributed by atoms with Gasteiger partial charge < -0.3 is 15.4 Å². The molecule has 0 aliphatic heterocycles. The smallest absolute Gasteiger partial charge is 0.143 e. The molecule has 4 heteroatoms. The normalized spacial score (nSPS) is 10.4. The van der Waals surface area contributed by atoms with Crippen LogP contribution in [0.4, 0.5) is 17.1 Å². The Morgan fingerprint density at radius 1 is 1.15 bits per heavy atom. The van der Waals surface area contributed by atoms with E-state index in [0.29, 0.717) is 0 Å². The molecule has 2 N–H and O–H groups in total. The molecule has 0 bridgehead atoms. The van der Waals surface area contributed by atoms with Gasteiger partial charge in [0.2, 0.25) is 0 Å². The topological polar surface area (TPSA) is 38.5 Å². The highest BCUT2D eigenvalue weighted by atomic mass is 79.9. The van der Waals surface area contributed by atoms with E-state index in [4.69, 9.17) is 10.5 Å². The van der Waals surface area contributed by atoms with Crippen molar-refractivity contribution in [1.29, 1.82) is 0 Å². The summed E-state index contributed by atoms with van der Waals surface area (Å²) in [5.41, 5.74) is 11.2. The standard InChI is InChI=1S/C16H19BrN2O/c1-10-7-11(2)16(15(8-10)20-4)19(3)14-6-5-12(17)9-13(14)18/h5-9H,18H2,1-4H3. The number of ether oxygens (including phenoxy) is 1. The SMILES string of the molecule is COc1cc(C)cc(C)c1N(C)c1ccc(Br)cc1N. The van der Waals surface area contributed by atoms with Gasteiger partial charge in [0, 0.05) is 11.5 Å². The molecule has 2 aromatic rings. The maximum Gasteiger partial charge on any atom is 0.143 e. The predicted octanol–water partition coefficient (Wildman–Crippen LogP) is 4.42. The van der Waals surface area contributed by atoms with Crippen LogP contribution < -0.4 is 15.4 Å². The van der Waals surface area contributed by atoms with E-state index in [9.17, 15) is 0 Å². The zero-order valence-corrected chi connectivity index (χ0v) is 13.8. The lowest BCUT2D eigenvalue weighted by Gasteiger charge is -2.25. The van der Waals surface area contributed by atoms with Crippen LogP contribution in [0.3, 0.4) is 0 Å². The second-order valence-electron chi connectivity index (χ2n) is 4.89. The van der Waals surface area contributed by atoms with Gasteiger partial charge in [-0.05, 0) is 49.2 Å². The summed E-state index contributed by atoms with van der Waals surface area (Å²) in [6, 6.07) is 10.1. The number of anilines is 3. The lowest BCUT2D eigenvalue weighted by Crippen LogP contribution is -2.14. The molecule has 0 aromatic heterocycles. The quantitative estimate of drug-likeness (QED) is 0.844. The Morgan fingerprint density at radius 3 is 2.45 bits per heavy atom. The Morgan fingerprint density at radius 2 is 1.85 bits per heavy atom. The fraction of sp³-hybridized carbons (Fsp3) is 0.250. The van der Waals surface area contributed by atoms with Gasteiger partial charge in [0.1, 0.15) is 5.75 Å². The zero-order chi connectivity index (χ0) is 14.9. The van der Waals surface area contributed by atoms with E-state index in [1.54, 1.807) is 7.11 Å². The fourth-order valence-corrected chi connectivity index (χ4v) is 2.84. The molecule has 3 nitrogen and oxygen atoms in total. The molecule has 0 spiro atoms. The monoisotopic (exact) mass is 334 g/mol. The number of aryl methyl sites for hydroxylation is 2. The van der Waals surface area contributed by atoms with Crippen molar-refractivity contribution in [2.24, 2.45) is 0 Å². The minimum atomic E-state index is 0.726. The number of nitrogens with two attached hydrogens (primary N) is 1. The number of hydrogen-bond donors (Lipinski definition) is 1. The van der Waals surface area contributed by atoms with Crippen LogP contribution in [-0.4, -0.2) is 14.2 Å². The Labute approximate surface area is 128 Å². The molecule has 0 unspecified atom stereocenters. The van der Waals surface area contributed by atoms with Gasteiger partial charge >= 0.3 is 0 Å². The molecule has 106 valence electrons.